The molecule has 0 aromatic rings. The van der Waals surface area contributed by atoms with E-state index in [2.05, 4.69) is 4.56 Å². The minimum Gasteiger partial charge on any atom is -0.306 e. The van der Waals surface area contributed by atoms with Gasteiger partial charge in [0.05, 0.1) is 5.75 Å². The van der Waals surface area contributed by atoms with Crippen molar-refractivity contribution in [3.63, 3.8) is 0 Å². The van der Waals surface area contributed by atoms with Gasteiger partial charge in [0.1, 0.15) is 0 Å². The fourth-order valence-electron chi connectivity index (χ4n) is 0.970. The largest absolute Gasteiger partial charge is 0.306 e. The molecular formula is C7H43NO3S. The molecule has 0 aliphatic heterocycles. The van der Waals surface area contributed by atoms with Gasteiger partial charge in [-0.15, -0.1) is 0 Å². The van der Waals surface area contributed by atoms with Crippen molar-refractivity contribution in [1.29, 1.82) is 1.43 Å². The summed E-state index contributed by atoms with van der Waals surface area (Å²) in [5.41, 5.74) is 0. The Morgan fingerprint density at radius 3 is 2.58 bits per heavy atom. The third kappa shape index (κ3) is 4.69. The zero-order valence-corrected chi connectivity index (χ0v) is 8.76. The fraction of sp³-hybridized carbons (Fsp3) is 1.00. The molecule has 2 atom stereocenters. The van der Waals surface area contributed by atoms with E-state index in [4.69, 9.17) is 4.40 Å². The van der Waals surface area contributed by atoms with Gasteiger partial charge in [-0.2, -0.15) is 8.42 Å². The van der Waals surface area contributed by atoms with Crippen molar-refractivity contribution >= 4 is 10.1 Å². The minimum absolute atomic E-state index is 0. The van der Waals surface area contributed by atoms with Crippen LogP contribution in [0.2, 0.25) is 0 Å². The number of nitrogens with zero attached hydrogens (tertiary/aromatic N) is 1. The lowest BCUT2D eigenvalue weighted by Crippen LogP contribution is -2.34. The summed E-state index contributed by atoms with van der Waals surface area (Å²) in [6, 6.07) is 0.143. The summed E-state index contributed by atoms with van der Waals surface area (Å²) in [6.45, 7) is 3.76. The highest BCUT2D eigenvalue weighted by molar-refractivity contribution is 7.85. The Kier molecular flexibility index (Phi) is 2.97. The Morgan fingerprint density at radius 1 is 1.75 bits per heavy atom. The zero-order valence-electron chi connectivity index (χ0n) is 10.9. The van der Waals surface area contributed by atoms with Gasteiger partial charge in [-0.3, -0.25) is 4.56 Å². The molecule has 4 nitrogen and oxygen atoms in total. The van der Waals surface area contributed by atoms with E-state index < -0.39 is 10.1 Å². The van der Waals surface area contributed by atoms with Crippen molar-refractivity contribution in [3.8, 4) is 0 Å². The predicted octanol–water partition coefficient (Wildman–Crippen LogP) is 3.66. The molecule has 0 aromatic heterocycles. The van der Waals surface area contributed by atoms with Crippen LogP contribution in [0.4, 0.5) is 0 Å². The molecule has 0 spiro atoms. The fourth-order valence-corrected chi connectivity index (χ4v) is 1.89. The van der Waals surface area contributed by atoms with E-state index in [1.165, 1.54) is 0 Å². The summed E-state index contributed by atoms with van der Waals surface area (Å²) in [5, 5.41) is 0. The van der Waals surface area contributed by atoms with Crippen molar-refractivity contribution in [2.75, 3.05) is 19.8 Å². The van der Waals surface area contributed by atoms with Gasteiger partial charge in [-0.25, -0.2) is 0 Å². The van der Waals surface area contributed by atoms with Gasteiger partial charge in [0.15, 0.2) is 0 Å². The van der Waals surface area contributed by atoms with Crippen LogP contribution in [0.3, 0.4) is 0 Å². The quantitative estimate of drug-likeness (QED) is 0.724. The van der Waals surface area contributed by atoms with Gasteiger partial charge < -0.3 is 4.90 Å². The first-order chi connectivity index (χ1) is 6.80. The molecule has 0 aliphatic carbocycles. The topological polar surface area (TPSA) is 57.6 Å². The van der Waals surface area contributed by atoms with Crippen LogP contribution >= 0.6 is 0 Å². The third-order valence-electron chi connectivity index (χ3n) is 2.11. The monoisotopic (exact) mass is 224 g/mol. The zero-order chi connectivity index (χ0) is 12.6. The SMILES string of the molecule is [2H]OS(=O)(=O)CC(C)C(C)N(C)C.[2H][2H].[HH].[HH].[HH].[HH].[HH].[HH].[HH].[HH].[HH].[HH].[HH].[HH]. The van der Waals surface area contributed by atoms with E-state index >= 15 is 0 Å². The molecule has 0 aliphatic rings. The van der Waals surface area contributed by atoms with Gasteiger partial charge >= 0.3 is 0 Å². The van der Waals surface area contributed by atoms with Gasteiger partial charge in [0, 0.05) is 26.1 Å². The van der Waals surface area contributed by atoms with Crippen LogP contribution in [0.1, 0.15) is 33.9 Å². The molecule has 0 rings (SSSR count). The second-order valence-corrected chi connectivity index (χ2v) is 4.85. The van der Waals surface area contributed by atoms with E-state index in [0.717, 1.165) is 0 Å². The molecule has 0 amide bonds. The van der Waals surface area contributed by atoms with Crippen molar-refractivity contribution in [2.45, 2.75) is 19.9 Å². The van der Waals surface area contributed by atoms with Crippen LogP contribution in [-0.2, 0) is 10.1 Å². The van der Waals surface area contributed by atoms with Gasteiger partial charge in [0.2, 0.25) is 1.43 Å². The first kappa shape index (κ1) is 8.47. The normalized spacial score (nSPS) is 19.6. The van der Waals surface area contributed by atoms with E-state index in [-0.39, 0.29) is 34.8 Å². The predicted molar refractivity (Wildman–Crippen MR) is 76.2 cm³/mol. The summed E-state index contributed by atoms with van der Waals surface area (Å²) >= 11 is 0. The number of hydrogen-bond donors (Lipinski definition) is 1. The molecule has 0 fully saturated rings. The summed E-state index contributed by atoms with van der Waals surface area (Å²) < 4.78 is 41.8. The van der Waals surface area contributed by atoms with Crippen LogP contribution in [0.25, 0.3) is 1.43 Å². The Labute approximate surface area is 96.7 Å². The molecular weight excluding hydrogens is 178 g/mol. The molecule has 0 aromatic carbocycles. The van der Waals surface area contributed by atoms with Gasteiger partial charge in [-0.1, -0.05) is 6.92 Å². The molecule has 100 valence electrons. The Morgan fingerprint density at radius 2 is 2.25 bits per heavy atom. The number of rotatable bonds is 5. The van der Waals surface area contributed by atoms with Crippen molar-refractivity contribution in [3.05, 3.63) is 0 Å². The third-order valence-corrected chi connectivity index (χ3v) is 3.04. The number of hydrogen-bond acceptors (Lipinski definition) is 4. The maximum absolute atomic E-state index is 10.9. The smallest absolute Gasteiger partial charge is 0.265 e. The molecule has 12 heavy (non-hydrogen) atoms. The summed E-state index contributed by atoms with van der Waals surface area (Å²) in [6.07, 6.45) is 0. The first-order valence-electron chi connectivity index (χ1n) is 5.25. The molecule has 0 saturated carbocycles. The molecule has 0 heterocycles. The second-order valence-electron chi connectivity index (χ2n) is 3.41. The lowest BCUT2D eigenvalue weighted by Gasteiger charge is -2.25. The molecule has 5 heteroatoms. The standard InChI is InChI=1S/C7H17NO3S.13H2/c1-6(5-12(9,10)11)7(2)8(3)4;;;;;;;;;;;;;/h6-7H,5H2,1-4H3,(H,9,10,11);13*1H/i;1+1D;;;;;;;;;;;;/hD. The van der Waals surface area contributed by atoms with Crippen LogP contribution in [0.15, 0.2) is 0 Å². The van der Waals surface area contributed by atoms with E-state index in [0.29, 0.717) is 0 Å². The highest BCUT2D eigenvalue weighted by atomic mass is 32.2. The maximum Gasteiger partial charge on any atom is 0.265 e. The highest BCUT2D eigenvalue weighted by Crippen LogP contribution is 2.09. The van der Waals surface area contributed by atoms with Crippen molar-refractivity contribution in [2.24, 2.45) is 5.92 Å². The average molecular weight is 225 g/mol. The average Bonchev–Trinajstić information content (AvgIpc) is 2.19. The van der Waals surface area contributed by atoms with E-state index in [1.54, 1.807) is 0 Å². The Balaban J connectivity index is -0.00000000972. The summed E-state index contributed by atoms with van der Waals surface area (Å²) in [4.78, 5) is 1.93. The first-order valence-corrected chi connectivity index (χ1v) is 5.41. The Bertz CT molecular complexity index is 262. The van der Waals surface area contributed by atoms with Crippen LogP contribution in [-0.4, -0.2) is 43.8 Å². The molecule has 0 radical (unpaired) electrons. The van der Waals surface area contributed by atoms with Crippen LogP contribution in [0, 0.1) is 5.92 Å². The highest BCUT2D eigenvalue weighted by Gasteiger charge is 2.19. The Hall–Kier alpha value is -0.130. The van der Waals surface area contributed by atoms with E-state index in [1.807, 2.05) is 32.8 Å². The molecule has 1 N–H and O–H groups in total. The summed E-state index contributed by atoms with van der Waals surface area (Å²) in [7, 11) is 0.111. The lowest BCUT2D eigenvalue weighted by molar-refractivity contribution is 0.250. The molecule has 0 saturated heterocycles. The molecule has 2 unspecified atom stereocenters. The van der Waals surface area contributed by atoms with Crippen molar-refractivity contribution < 1.29 is 33.1 Å². The summed E-state index contributed by atoms with van der Waals surface area (Å²) in [5.74, 6) is -0.166. The molecule has 0 bridgehead atoms. The lowest BCUT2D eigenvalue weighted by atomic mass is 10.1. The second kappa shape index (κ2) is 4.20. The van der Waals surface area contributed by atoms with Crippen LogP contribution in [0.5, 0.6) is 0 Å². The van der Waals surface area contributed by atoms with Crippen LogP contribution < -0.4 is 0 Å². The van der Waals surface area contributed by atoms with E-state index in [9.17, 15) is 8.42 Å². The minimum atomic E-state index is -3.66. The van der Waals surface area contributed by atoms with Gasteiger partial charge in [0.25, 0.3) is 10.1 Å². The maximum atomic E-state index is 10.9. The van der Waals surface area contributed by atoms with Gasteiger partial charge in [-0.05, 0) is 26.9 Å². The van der Waals surface area contributed by atoms with Crippen molar-refractivity contribution in [1.82, 2.24) is 4.90 Å².